The topological polar surface area (TPSA) is 26.0 Å². The van der Waals surface area contributed by atoms with Gasteiger partial charge in [0, 0.05) is 5.54 Å². The second-order valence-electron chi connectivity index (χ2n) is 6.19. The van der Waals surface area contributed by atoms with Crippen molar-refractivity contribution < 1.29 is 0 Å². The minimum Gasteiger partial charge on any atom is -0.325 e. The predicted molar refractivity (Wildman–Crippen MR) is 74.2 cm³/mol. The zero-order chi connectivity index (χ0) is 11.7. The highest BCUT2D eigenvalue weighted by Crippen LogP contribution is 2.46. The summed E-state index contributed by atoms with van der Waals surface area (Å²) in [4.78, 5) is 0. The Labute approximate surface area is 108 Å². The van der Waals surface area contributed by atoms with Gasteiger partial charge in [0.05, 0.1) is 0 Å². The van der Waals surface area contributed by atoms with Crippen LogP contribution in [0.15, 0.2) is 16.8 Å². The molecule has 0 bridgehead atoms. The summed E-state index contributed by atoms with van der Waals surface area (Å²) in [6.45, 7) is 0. The Morgan fingerprint density at radius 3 is 2.88 bits per heavy atom. The summed E-state index contributed by atoms with van der Waals surface area (Å²) in [6.07, 6.45) is 10.7. The van der Waals surface area contributed by atoms with Gasteiger partial charge in [-0.3, -0.25) is 0 Å². The summed E-state index contributed by atoms with van der Waals surface area (Å²) in [5, 5.41) is 4.44. The van der Waals surface area contributed by atoms with Gasteiger partial charge in [0.1, 0.15) is 0 Å². The summed E-state index contributed by atoms with van der Waals surface area (Å²) in [7, 11) is 0. The number of rotatable bonds is 4. The Kier molecular flexibility index (Phi) is 3.27. The molecule has 3 rings (SSSR count). The molecule has 0 saturated heterocycles. The van der Waals surface area contributed by atoms with Gasteiger partial charge in [-0.05, 0) is 72.8 Å². The number of hydrogen-bond donors (Lipinski definition) is 1. The standard InChI is InChI=1S/C15H23NS/c16-15(8-5-12-6-9-17-11-12)7-1-2-14(10-15)13-3-4-13/h6,9,11,13-14H,1-5,7-8,10,16H2. The first kappa shape index (κ1) is 11.7. The molecule has 0 spiro atoms. The molecule has 94 valence electrons. The second kappa shape index (κ2) is 4.74. The Morgan fingerprint density at radius 2 is 2.18 bits per heavy atom. The van der Waals surface area contributed by atoms with Crippen LogP contribution in [-0.2, 0) is 6.42 Å². The van der Waals surface area contributed by atoms with Gasteiger partial charge in [-0.15, -0.1) is 0 Å². The van der Waals surface area contributed by atoms with Crippen molar-refractivity contribution in [1.29, 1.82) is 0 Å². The van der Waals surface area contributed by atoms with E-state index in [9.17, 15) is 0 Å². The van der Waals surface area contributed by atoms with Gasteiger partial charge in [0.25, 0.3) is 0 Å². The van der Waals surface area contributed by atoms with Gasteiger partial charge in [-0.1, -0.05) is 12.8 Å². The lowest BCUT2D eigenvalue weighted by atomic mass is 9.72. The normalized spacial score (nSPS) is 33.8. The minimum absolute atomic E-state index is 0.146. The van der Waals surface area contributed by atoms with E-state index in [-0.39, 0.29) is 5.54 Å². The number of hydrogen-bond acceptors (Lipinski definition) is 2. The fourth-order valence-corrected chi connectivity index (χ4v) is 4.17. The van der Waals surface area contributed by atoms with Crippen LogP contribution in [0, 0.1) is 11.8 Å². The first-order valence-electron chi connectivity index (χ1n) is 7.05. The Balaban J connectivity index is 1.56. The summed E-state index contributed by atoms with van der Waals surface area (Å²) in [6, 6.07) is 2.25. The molecule has 2 atom stereocenters. The average molecular weight is 249 g/mol. The molecule has 2 unspecified atom stereocenters. The van der Waals surface area contributed by atoms with Crippen LogP contribution in [0.3, 0.4) is 0 Å². The highest BCUT2D eigenvalue weighted by atomic mass is 32.1. The zero-order valence-electron chi connectivity index (χ0n) is 10.5. The number of nitrogens with two attached hydrogens (primary N) is 1. The monoisotopic (exact) mass is 249 g/mol. The second-order valence-corrected chi connectivity index (χ2v) is 6.97. The van der Waals surface area contributed by atoms with Gasteiger partial charge in [0.15, 0.2) is 0 Å². The Morgan fingerprint density at radius 1 is 1.29 bits per heavy atom. The molecule has 2 saturated carbocycles. The van der Waals surface area contributed by atoms with Crippen LogP contribution >= 0.6 is 11.3 Å². The molecule has 0 amide bonds. The molecule has 0 radical (unpaired) electrons. The molecule has 2 aliphatic carbocycles. The molecule has 1 heterocycles. The van der Waals surface area contributed by atoms with Crippen molar-refractivity contribution in [2.24, 2.45) is 17.6 Å². The molecule has 2 heteroatoms. The molecule has 17 heavy (non-hydrogen) atoms. The third-order valence-corrected chi connectivity index (χ3v) is 5.43. The molecule has 2 fully saturated rings. The quantitative estimate of drug-likeness (QED) is 0.858. The maximum absolute atomic E-state index is 6.64. The van der Waals surface area contributed by atoms with E-state index in [0.29, 0.717) is 0 Å². The third kappa shape index (κ3) is 2.92. The van der Waals surface area contributed by atoms with Crippen molar-refractivity contribution in [3.63, 3.8) is 0 Å². The first-order valence-corrected chi connectivity index (χ1v) is 7.99. The van der Waals surface area contributed by atoms with Crippen molar-refractivity contribution >= 4 is 11.3 Å². The molecular weight excluding hydrogens is 226 g/mol. The molecule has 0 aliphatic heterocycles. The summed E-state index contributed by atoms with van der Waals surface area (Å²) in [5.74, 6) is 2.00. The van der Waals surface area contributed by atoms with Crippen molar-refractivity contribution in [2.45, 2.75) is 56.9 Å². The van der Waals surface area contributed by atoms with E-state index in [1.807, 2.05) is 0 Å². The van der Waals surface area contributed by atoms with Crippen LogP contribution in [0.25, 0.3) is 0 Å². The van der Waals surface area contributed by atoms with E-state index in [1.54, 1.807) is 11.3 Å². The summed E-state index contributed by atoms with van der Waals surface area (Å²) >= 11 is 1.80. The molecule has 1 aromatic rings. The summed E-state index contributed by atoms with van der Waals surface area (Å²) < 4.78 is 0. The van der Waals surface area contributed by atoms with E-state index in [2.05, 4.69) is 16.8 Å². The molecular formula is C15H23NS. The largest absolute Gasteiger partial charge is 0.325 e. The Hall–Kier alpha value is -0.340. The third-order valence-electron chi connectivity index (χ3n) is 4.70. The highest BCUT2D eigenvalue weighted by molar-refractivity contribution is 7.07. The van der Waals surface area contributed by atoms with Crippen LogP contribution in [0.1, 0.15) is 50.5 Å². The molecule has 2 aliphatic rings. The lowest BCUT2D eigenvalue weighted by Crippen LogP contribution is -2.45. The Bertz CT molecular complexity index is 355. The highest BCUT2D eigenvalue weighted by Gasteiger charge is 2.39. The van der Waals surface area contributed by atoms with Gasteiger partial charge in [0.2, 0.25) is 0 Å². The van der Waals surface area contributed by atoms with Gasteiger partial charge in [-0.25, -0.2) is 0 Å². The van der Waals surface area contributed by atoms with Crippen molar-refractivity contribution in [3.05, 3.63) is 22.4 Å². The smallest absolute Gasteiger partial charge is 0.0160 e. The predicted octanol–water partition coefficient (Wildman–Crippen LogP) is 3.98. The summed E-state index contributed by atoms with van der Waals surface area (Å²) in [5.41, 5.74) is 8.26. The molecule has 2 N–H and O–H groups in total. The van der Waals surface area contributed by atoms with E-state index in [1.165, 1.54) is 56.9 Å². The van der Waals surface area contributed by atoms with Gasteiger partial charge in [-0.2, -0.15) is 11.3 Å². The van der Waals surface area contributed by atoms with E-state index in [0.717, 1.165) is 11.8 Å². The van der Waals surface area contributed by atoms with Gasteiger partial charge >= 0.3 is 0 Å². The average Bonchev–Trinajstić information content (AvgIpc) is 3.04. The van der Waals surface area contributed by atoms with E-state index < -0.39 is 0 Å². The zero-order valence-corrected chi connectivity index (χ0v) is 11.3. The molecule has 1 aromatic heterocycles. The van der Waals surface area contributed by atoms with Crippen molar-refractivity contribution in [1.82, 2.24) is 0 Å². The maximum atomic E-state index is 6.64. The van der Waals surface area contributed by atoms with E-state index in [4.69, 9.17) is 5.73 Å². The van der Waals surface area contributed by atoms with Crippen molar-refractivity contribution in [2.75, 3.05) is 0 Å². The van der Waals surface area contributed by atoms with Crippen LogP contribution in [0.2, 0.25) is 0 Å². The first-order chi connectivity index (χ1) is 8.25. The van der Waals surface area contributed by atoms with E-state index >= 15 is 0 Å². The fraction of sp³-hybridized carbons (Fsp3) is 0.733. The maximum Gasteiger partial charge on any atom is 0.0160 e. The van der Waals surface area contributed by atoms with Crippen LogP contribution in [0.4, 0.5) is 0 Å². The SMILES string of the molecule is NC1(CCc2ccsc2)CCCC(C2CC2)C1. The van der Waals surface area contributed by atoms with Crippen LogP contribution in [0.5, 0.6) is 0 Å². The van der Waals surface area contributed by atoms with Gasteiger partial charge < -0.3 is 5.73 Å². The van der Waals surface area contributed by atoms with Crippen LogP contribution < -0.4 is 5.73 Å². The number of thiophene rings is 1. The minimum atomic E-state index is 0.146. The fourth-order valence-electron chi connectivity index (χ4n) is 3.47. The van der Waals surface area contributed by atoms with Crippen molar-refractivity contribution in [3.8, 4) is 0 Å². The van der Waals surface area contributed by atoms with Crippen LogP contribution in [-0.4, -0.2) is 5.54 Å². The molecule has 0 aromatic carbocycles. The lowest BCUT2D eigenvalue weighted by Gasteiger charge is -2.38. The number of aryl methyl sites for hydroxylation is 1. The lowest BCUT2D eigenvalue weighted by molar-refractivity contribution is 0.195. The molecule has 1 nitrogen and oxygen atoms in total.